The predicted octanol–water partition coefficient (Wildman–Crippen LogP) is 5.48. The second-order valence-electron chi connectivity index (χ2n) is 15.2. The zero-order valence-electron chi connectivity index (χ0n) is 31.5. The molecule has 12 nitrogen and oxygen atoms in total. The minimum Gasteiger partial charge on any atom is -0.507 e. The second kappa shape index (κ2) is 14.3. The smallest absolute Gasteiger partial charge is 0.210 e. The van der Waals surface area contributed by atoms with Gasteiger partial charge in [0.15, 0.2) is 17.3 Å². The number of aromatic hydroxyl groups is 4. The number of fused-ring (bicyclic) bond motifs is 2. The van der Waals surface area contributed by atoms with Crippen LogP contribution in [0.5, 0.6) is 23.0 Å². The van der Waals surface area contributed by atoms with Gasteiger partial charge in [-0.1, -0.05) is 39.8 Å². The lowest BCUT2D eigenvalue weighted by Gasteiger charge is -2.32. The quantitative estimate of drug-likeness (QED) is 0.157. The number of ketones is 1. The molecule has 2 fully saturated rings. The maximum absolute atomic E-state index is 13.9. The SMILES string of the molecule is Cc1cc2c(c(O)c1-c1c(C)cc3c(C(C)C)c(O)c(O)c(/C=N/N4CCN(C)CC4)c3c1O)C(/C=N/N1CCN(C)CC1)C(=O)C(O)=C2C(C)C. The fourth-order valence-electron chi connectivity index (χ4n) is 7.87. The molecular weight excluding hydrogens is 660 g/mol. The van der Waals surface area contributed by atoms with Gasteiger partial charge >= 0.3 is 0 Å². The third kappa shape index (κ3) is 6.43. The van der Waals surface area contributed by atoms with Crippen molar-refractivity contribution >= 4 is 34.6 Å². The molecule has 0 amide bonds. The van der Waals surface area contributed by atoms with E-state index in [9.17, 15) is 30.3 Å². The molecule has 0 aromatic heterocycles. The Morgan fingerprint density at radius 2 is 1.25 bits per heavy atom. The van der Waals surface area contributed by atoms with Crippen LogP contribution in [0.2, 0.25) is 0 Å². The largest absolute Gasteiger partial charge is 0.507 e. The molecular formula is C40H52N6O6. The van der Waals surface area contributed by atoms with Crippen molar-refractivity contribution in [2.45, 2.75) is 53.4 Å². The molecule has 2 aliphatic heterocycles. The van der Waals surface area contributed by atoms with Crippen molar-refractivity contribution in [1.29, 1.82) is 0 Å². The van der Waals surface area contributed by atoms with Crippen LogP contribution >= 0.6 is 0 Å². The van der Waals surface area contributed by atoms with Crippen molar-refractivity contribution in [3.05, 3.63) is 51.3 Å². The summed E-state index contributed by atoms with van der Waals surface area (Å²) < 4.78 is 0. The molecule has 6 rings (SSSR count). The summed E-state index contributed by atoms with van der Waals surface area (Å²) in [5, 5.41) is 72.6. The molecule has 1 aliphatic carbocycles. The molecule has 52 heavy (non-hydrogen) atoms. The standard InChI is InChI=1S/C40H52N6O6/c1-21(2)29-25-17-23(5)31(37(49)33(25)27(35(47)39(29)51)19-41-45-13-9-43(7)10-14-45)32-24(6)18-26-30(22(3)4)40(52)36(48)28(34(26)38(32)50)20-42-46-15-11-44(8)12-16-46/h17-22,27,48-52H,9-16H2,1-8H3/b41-19+,42-20+. The van der Waals surface area contributed by atoms with E-state index in [1.165, 1.54) is 12.4 Å². The number of phenolic OH excluding ortho intramolecular Hbond substituents is 4. The molecule has 12 heteroatoms. The molecule has 0 spiro atoms. The number of piperazine rings is 2. The van der Waals surface area contributed by atoms with Crippen molar-refractivity contribution in [3.63, 3.8) is 0 Å². The topological polar surface area (TPSA) is 156 Å². The molecule has 278 valence electrons. The highest BCUT2D eigenvalue weighted by atomic mass is 16.3. The number of phenols is 4. The minimum atomic E-state index is -1.07. The highest BCUT2D eigenvalue weighted by Gasteiger charge is 2.39. The number of aliphatic hydroxyl groups is 1. The van der Waals surface area contributed by atoms with E-state index in [-0.39, 0.29) is 40.4 Å². The normalized spacial score (nSPS) is 19.4. The average Bonchev–Trinajstić information content (AvgIpc) is 3.08. The Balaban J connectivity index is 1.59. The van der Waals surface area contributed by atoms with Crippen LogP contribution in [0.15, 0.2) is 28.1 Å². The van der Waals surface area contributed by atoms with Crippen molar-refractivity contribution in [2.24, 2.45) is 16.1 Å². The summed E-state index contributed by atoms with van der Waals surface area (Å²) in [6, 6.07) is 3.71. The van der Waals surface area contributed by atoms with Crippen molar-refractivity contribution < 1.29 is 30.3 Å². The van der Waals surface area contributed by atoms with E-state index in [1.807, 2.05) is 77.8 Å². The third-order valence-electron chi connectivity index (χ3n) is 10.8. The number of hydrogen-bond donors (Lipinski definition) is 5. The zero-order chi connectivity index (χ0) is 37.8. The van der Waals surface area contributed by atoms with Gasteiger partial charge in [0.2, 0.25) is 5.78 Å². The number of aryl methyl sites for hydroxylation is 2. The number of likely N-dealkylation sites (N-methyl/N-ethyl adjacent to an activating group) is 2. The number of Topliss-reactive ketones (excluding diaryl/α,β-unsaturated/α-hetero) is 1. The molecule has 0 radical (unpaired) electrons. The Morgan fingerprint density at radius 1 is 0.712 bits per heavy atom. The van der Waals surface area contributed by atoms with Gasteiger partial charge in [0, 0.05) is 91.8 Å². The van der Waals surface area contributed by atoms with Gasteiger partial charge in [-0.3, -0.25) is 14.8 Å². The van der Waals surface area contributed by atoms with Gasteiger partial charge in [-0.15, -0.1) is 0 Å². The van der Waals surface area contributed by atoms with Crippen LogP contribution in [-0.4, -0.2) is 130 Å². The minimum absolute atomic E-state index is 0.159. The lowest BCUT2D eigenvalue weighted by atomic mass is 9.75. The van der Waals surface area contributed by atoms with Crippen LogP contribution in [0.4, 0.5) is 0 Å². The van der Waals surface area contributed by atoms with Crippen molar-refractivity contribution in [3.8, 4) is 34.1 Å². The Labute approximate surface area is 305 Å². The Morgan fingerprint density at radius 3 is 1.81 bits per heavy atom. The number of carbonyl (C=O) groups is 1. The number of nitrogens with zero attached hydrogens (tertiary/aromatic N) is 6. The Hall–Kier alpha value is -4.81. The van der Waals surface area contributed by atoms with Gasteiger partial charge in [0.1, 0.15) is 11.5 Å². The summed E-state index contributed by atoms with van der Waals surface area (Å²) in [4.78, 5) is 18.3. The van der Waals surface area contributed by atoms with Crippen LogP contribution in [0.25, 0.3) is 27.5 Å². The first-order chi connectivity index (χ1) is 24.6. The molecule has 3 aromatic carbocycles. The zero-order valence-corrected chi connectivity index (χ0v) is 31.5. The van der Waals surface area contributed by atoms with Crippen LogP contribution < -0.4 is 0 Å². The molecule has 1 unspecified atom stereocenters. The number of carbonyl (C=O) groups excluding carboxylic acids is 1. The third-order valence-corrected chi connectivity index (χ3v) is 10.8. The van der Waals surface area contributed by atoms with Crippen LogP contribution in [0, 0.1) is 19.8 Å². The van der Waals surface area contributed by atoms with E-state index in [4.69, 9.17) is 0 Å². The fourth-order valence-corrected chi connectivity index (χ4v) is 7.87. The number of rotatable bonds is 7. The fraction of sp³-hybridized carbons (Fsp3) is 0.475. The van der Waals surface area contributed by atoms with Gasteiger partial charge in [-0.25, -0.2) is 0 Å². The van der Waals surface area contributed by atoms with E-state index in [0.29, 0.717) is 81.5 Å². The summed E-state index contributed by atoms with van der Waals surface area (Å²) in [7, 11) is 4.09. The monoisotopic (exact) mass is 712 g/mol. The summed E-state index contributed by atoms with van der Waals surface area (Å²) in [6.07, 6.45) is 2.99. The average molecular weight is 713 g/mol. The van der Waals surface area contributed by atoms with E-state index < -0.39 is 17.5 Å². The maximum Gasteiger partial charge on any atom is 0.210 e. The molecule has 0 bridgehead atoms. The Kier molecular flexibility index (Phi) is 10.2. The molecule has 2 saturated heterocycles. The molecule has 3 aromatic rings. The molecule has 3 aliphatic rings. The van der Waals surface area contributed by atoms with Crippen molar-refractivity contribution in [2.75, 3.05) is 66.5 Å². The van der Waals surface area contributed by atoms with Gasteiger partial charge in [-0.05, 0) is 61.9 Å². The number of aliphatic hydroxyl groups excluding tert-OH is 1. The van der Waals surface area contributed by atoms with Gasteiger partial charge in [-0.2, -0.15) is 10.2 Å². The van der Waals surface area contributed by atoms with E-state index in [1.54, 1.807) is 0 Å². The Bertz CT molecular complexity index is 2000. The number of benzene rings is 3. The van der Waals surface area contributed by atoms with Crippen molar-refractivity contribution in [1.82, 2.24) is 19.8 Å². The predicted molar refractivity (Wildman–Crippen MR) is 206 cm³/mol. The van der Waals surface area contributed by atoms with E-state index >= 15 is 0 Å². The van der Waals surface area contributed by atoms with E-state index in [0.717, 1.165) is 26.2 Å². The highest BCUT2D eigenvalue weighted by molar-refractivity contribution is 6.17. The first-order valence-corrected chi connectivity index (χ1v) is 18.2. The first kappa shape index (κ1) is 37.0. The van der Waals surface area contributed by atoms with Gasteiger partial charge in [0.05, 0.1) is 17.7 Å². The summed E-state index contributed by atoms with van der Waals surface area (Å²) in [5.74, 6) is -3.45. The van der Waals surface area contributed by atoms with Crippen LogP contribution in [0.3, 0.4) is 0 Å². The lowest BCUT2D eigenvalue weighted by molar-refractivity contribution is -0.118. The van der Waals surface area contributed by atoms with Gasteiger partial charge in [0.25, 0.3) is 0 Å². The molecule has 5 N–H and O–H groups in total. The maximum atomic E-state index is 13.9. The number of allylic oxidation sites excluding steroid dienone is 2. The number of hydrazone groups is 2. The van der Waals surface area contributed by atoms with Gasteiger partial charge < -0.3 is 35.3 Å². The number of hydrogen-bond acceptors (Lipinski definition) is 12. The molecule has 0 saturated carbocycles. The summed E-state index contributed by atoms with van der Waals surface area (Å²) >= 11 is 0. The van der Waals surface area contributed by atoms with Crippen LogP contribution in [-0.2, 0) is 4.79 Å². The molecule has 2 heterocycles. The van der Waals surface area contributed by atoms with Crippen LogP contribution in [0.1, 0.15) is 72.9 Å². The summed E-state index contributed by atoms with van der Waals surface area (Å²) in [5.41, 5.74) is 3.84. The summed E-state index contributed by atoms with van der Waals surface area (Å²) in [6.45, 7) is 17.2. The highest BCUT2D eigenvalue weighted by Crippen LogP contribution is 2.54. The lowest BCUT2D eigenvalue weighted by Crippen LogP contribution is -2.42. The second-order valence-corrected chi connectivity index (χ2v) is 15.2. The van der Waals surface area contributed by atoms with E-state index in [2.05, 4.69) is 20.0 Å². The molecule has 1 atom stereocenters. The first-order valence-electron chi connectivity index (χ1n) is 18.2.